The molecular formula is C26H32Cl3N5O4. The normalized spacial score (nSPS) is 11.4. The summed E-state index contributed by atoms with van der Waals surface area (Å²) >= 11 is 12.0. The highest BCUT2D eigenvalue weighted by atomic mass is 35.5. The molecule has 0 saturated carbocycles. The number of ether oxygens (including phenoxy) is 1. The van der Waals surface area contributed by atoms with E-state index in [0.717, 1.165) is 23.3 Å². The van der Waals surface area contributed by atoms with Gasteiger partial charge in [-0.3, -0.25) is 4.79 Å². The summed E-state index contributed by atoms with van der Waals surface area (Å²) in [6, 6.07) is 11.9. The molecule has 0 fully saturated rings. The van der Waals surface area contributed by atoms with Gasteiger partial charge in [-0.25, -0.2) is 4.79 Å². The molecule has 1 heterocycles. The largest absolute Gasteiger partial charge is 0.493 e. The fourth-order valence-electron chi connectivity index (χ4n) is 3.48. The Morgan fingerprint density at radius 2 is 1.79 bits per heavy atom. The molecule has 0 aliphatic carbocycles. The molecule has 0 aliphatic heterocycles. The van der Waals surface area contributed by atoms with E-state index in [2.05, 4.69) is 15.5 Å². The number of nitrogens with one attached hydrogen (secondary N) is 1. The van der Waals surface area contributed by atoms with E-state index in [0.29, 0.717) is 54.8 Å². The lowest BCUT2D eigenvalue weighted by molar-refractivity contribution is 0.0922. The quantitative estimate of drug-likeness (QED) is 0.215. The van der Waals surface area contributed by atoms with Crippen LogP contribution in [0.4, 0.5) is 4.79 Å². The van der Waals surface area contributed by atoms with E-state index in [4.69, 9.17) is 38.2 Å². The van der Waals surface area contributed by atoms with Crippen molar-refractivity contribution in [2.24, 2.45) is 5.73 Å². The predicted octanol–water partition coefficient (Wildman–Crippen LogP) is 4.96. The van der Waals surface area contributed by atoms with Gasteiger partial charge < -0.3 is 25.2 Å². The van der Waals surface area contributed by atoms with Crippen LogP contribution in [0.2, 0.25) is 10.0 Å². The molecule has 38 heavy (non-hydrogen) atoms. The number of benzene rings is 2. The number of hydrogen-bond acceptors (Lipinski definition) is 7. The van der Waals surface area contributed by atoms with Crippen LogP contribution in [0.5, 0.6) is 5.75 Å². The second-order valence-electron chi connectivity index (χ2n) is 8.72. The predicted molar refractivity (Wildman–Crippen MR) is 150 cm³/mol. The molecule has 0 aliphatic rings. The number of halogens is 3. The Morgan fingerprint density at radius 1 is 1.08 bits per heavy atom. The topological polar surface area (TPSA) is 124 Å². The Kier molecular flexibility index (Phi) is 12.8. The Hall–Kier alpha value is -2.85. The first-order valence-electron chi connectivity index (χ1n) is 12.0. The third-order valence-electron chi connectivity index (χ3n) is 5.58. The van der Waals surface area contributed by atoms with Gasteiger partial charge in [0.2, 0.25) is 17.5 Å². The number of nitrogens with zero attached hydrogens (tertiary/aromatic N) is 3. The molecule has 0 bridgehead atoms. The van der Waals surface area contributed by atoms with Crippen molar-refractivity contribution in [1.29, 1.82) is 0 Å². The second kappa shape index (κ2) is 15.5. The van der Waals surface area contributed by atoms with E-state index >= 15 is 0 Å². The van der Waals surface area contributed by atoms with Crippen molar-refractivity contribution in [3.63, 3.8) is 0 Å². The summed E-state index contributed by atoms with van der Waals surface area (Å²) in [4.78, 5) is 30.7. The minimum Gasteiger partial charge on any atom is -0.493 e. The van der Waals surface area contributed by atoms with Crippen LogP contribution >= 0.6 is 35.6 Å². The molecule has 2 aromatic carbocycles. The number of urea groups is 1. The van der Waals surface area contributed by atoms with Crippen molar-refractivity contribution in [1.82, 2.24) is 20.4 Å². The zero-order valence-electron chi connectivity index (χ0n) is 21.3. The van der Waals surface area contributed by atoms with Crippen molar-refractivity contribution in [2.75, 3.05) is 27.2 Å². The first-order valence-corrected chi connectivity index (χ1v) is 12.7. The van der Waals surface area contributed by atoms with Crippen LogP contribution in [-0.4, -0.2) is 60.1 Å². The fraction of sp³-hybridized carbons (Fsp3) is 0.385. The molecule has 3 aromatic rings. The number of nitrogens with two attached hydrogens (primary N) is 1. The minimum atomic E-state index is -0.757. The lowest BCUT2D eigenvalue weighted by atomic mass is 10.0. The highest BCUT2D eigenvalue weighted by molar-refractivity contribution is 6.42. The van der Waals surface area contributed by atoms with Gasteiger partial charge in [0.1, 0.15) is 5.75 Å². The molecule has 0 unspecified atom stereocenters. The molecular weight excluding hydrogens is 553 g/mol. The number of unbranched alkanes of at least 4 members (excludes halogenated alkanes) is 1. The van der Waals surface area contributed by atoms with E-state index in [1.54, 1.807) is 20.2 Å². The molecule has 0 radical (unpaired) electrons. The zero-order chi connectivity index (χ0) is 26.8. The standard InChI is InChI=1S/C26H31Cl2N5O4.ClH/c1-33(2)26(35)30-22(5-3-4-13-29)24(34)25-31-23(37-32-25)16-17-6-9-19(10-7-17)36-14-12-18-8-11-20(27)21(28)15-18;/h6-11,15,22H,3-5,12-14,16,29H2,1-2H3,(H,30,35);1H/t22-;/m0./s1. The number of ketones is 1. The summed E-state index contributed by atoms with van der Waals surface area (Å²) in [6.07, 6.45) is 2.92. The highest BCUT2D eigenvalue weighted by Gasteiger charge is 2.26. The number of amides is 2. The molecule has 9 nitrogen and oxygen atoms in total. The monoisotopic (exact) mass is 583 g/mol. The summed E-state index contributed by atoms with van der Waals surface area (Å²) in [5.74, 6) is 0.570. The van der Waals surface area contributed by atoms with Gasteiger partial charge in [-0.1, -0.05) is 46.6 Å². The molecule has 0 saturated heterocycles. The molecule has 0 spiro atoms. The van der Waals surface area contributed by atoms with Crippen molar-refractivity contribution in [3.8, 4) is 5.75 Å². The van der Waals surface area contributed by atoms with Crippen LogP contribution in [0, 0.1) is 0 Å². The number of carbonyl (C=O) groups is 2. The Morgan fingerprint density at radius 3 is 2.45 bits per heavy atom. The van der Waals surface area contributed by atoms with Crippen molar-refractivity contribution in [2.45, 2.75) is 38.1 Å². The number of carbonyl (C=O) groups excluding carboxylic acids is 2. The van der Waals surface area contributed by atoms with Crippen LogP contribution in [0.25, 0.3) is 0 Å². The van der Waals surface area contributed by atoms with Crippen LogP contribution in [0.3, 0.4) is 0 Å². The maximum Gasteiger partial charge on any atom is 0.317 e. The SMILES string of the molecule is CN(C)C(=O)N[C@@H](CCCCN)C(=O)c1noc(Cc2ccc(OCCc3ccc(Cl)c(Cl)c3)cc2)n1.Cl. The average Bonchev–Trinajstić information content (AvgIpc) is 3.34. The average molecular weight is 585 g/mol. The molecule has 3 rings (SSSR count). The van der Waals surface area contributed by atoms with E-state index < -0.39 is 11.8 Å². The zero-order valence-corrected chi connectivity index (χ0v) is 23.6. The van der Waals surface area contributed by atoms with Crippen LogP contribution in [0.1, 0.15) is 46.9 Å². The van der Waals surface area contributed by atoms with Crippen molar-refractivity contribution >= 4 is 47.4 Å². The molecule has 3 N–H and O–H groups in total. The Balaban J connectivity index is 0.00000507. The summed E-state index contributed by atoms with van der Waals surface area (Å²) in [5.41, 5.74) is 7.51. The lowest BCUT2D eigenvalue weighted by Gasteiger charge is -2.19. The summed E-state index contributed by atoms with van der Waals surface area (Å²) in [7, 11) is 3.21. The maximum atomic E-state index is 13.0. The van der Waals surface area contributed by atoms with Crippen molar-refractivity contribution in [3.05, 3.63) is 75.4 Å². The Bertz CT molecular complexity index is 1190. The minimum absolute atomic E-state index is 0. The van der Waals surface area contributed by atoms with Crippen LogP contribution < -0.4 is 15.8 Å². The first kappa shape index (κ1) is 31.4. The smallest absolute Gasteiger partial charge is 0.317 e. The summed E-state index contributed by atoms with van der Waals surface area (Å²) in [5, 5.41) is 7.61. The third-order valence-corrected chi connectivity index (χ3v) is 6.32. The molecule has 206 valence electrons. The number of aromatic nitrogens is 2. The Labute approximate surface area is 238 Å². The number of Topliss-reactive ketones (excluding diaryl/α,β-unsaturated/α-hetero) is 1. The van der Waals surface area contributed by atoms with E-state index in [-0.39, 0.29) is 24.3 Å². The van der Waals surface area contributed by atoms with Gasteiger partial charge in [0.05, 0.1) is 29.1 Å². The fourth-order valence-corrected chi connectivity index (χ4v) is 3.80. The van der Waals surface area contributed by atoms with Gasteiger partial charge in [-0.15, -0.1) is 12.4 Å². The molecule has 1 atom stereocenters. The lowest BCUT2D eigenvalue weighted by Crippen LogP contribution is -2.45. The number of hydrogen-bond donors (Lipinski definition) is 2. The summed E-state index contributed by atoms with van der Waals surface area (Å²) < 4.78 is 11.1. The molecule has 12 heteroatoms. The van der Waals surface area contributed by atoms with Gasteiger partial charge in [0, 0.05) is 20.5 Å². The number of rotatable bonds is 13. The molecule has 1 aromatic heterocycles. The van der Waals surface area contributed by atoms with Gasteiger partial charge in [-0.05, 0) is 61.2 Å². The second-order valence-corrected chi connectivity index (χ2v) is 9.54. The van der Waals surface area contributed by atoms with Crippen LogP contribution in [0.15, 0.2) is 47.0 Å². The van der Waals surface area contributed by atoms with E-state index in [9.17, 15) is 9.59 Å². The van der Waals surface area contributed by atoms with Gasteiger partial charge >= 0.3 is 6.03 Å². The van der Waals surface area contributed by atoms with Gasteiger partial charge in [-0.2, -0.15) is 4.98 Å². The van der Waals surface area contributed by atoms with E-state index in [1.807, 2.05) is 36.4 Å². The molecule has 2 amide bonds. The van der Waals surface area contributed by atoms with E-state index in [1.165, 1.54) is 4.90 Å². The third kappa shape index (κ3) is 9.47. The highest BCUT2D eigenvalue weighted by Crippen LogP contribution is 2.23. The van der Waals surface area contributed by atoms with Crippen molar-refractivity contribution < 1.29 is 18.8 Å². The summed E-state index contributed by atoms with van der Waals surface area (Å²) in [6.45, 7) is 0.999. The first-order chi connectivity index (χ1) is 17.8. The van der Waals surface area contributed by atoms with Crippen LogP contribution in [-0.2, 0) is 12.8 Å². The van der Waals surface area contributed by atoms with Gasteiger partial charge in [0.15, 0.2) is 0 Å². The maximum absolute atomic E-state index is 13.0. The van der Waals surface area contributed by atoms with Gasteiger partial charge in [0.25, 0.3) is 0 Å².